The zero-order valence-electron chi connectivity index (χ0n) is 10.1. The second-order valence-electron chi connectivity index (χ2n) is 4.86. The number of nitrogens with two attached hydrogens (primary N) is 1. The van der Waals surface area contributed by atoms with E-state index in [1.54, 1.807) is 0 Å². The molecule has 1 aliphatic rings. The maximum absolute atomic E-state index is 5.90. The van der Waals surface area contributed by atoms with Crippen LogP contribution in [0.3, 0.4) is 0 Å². The van der Waals surface area contributed by atoms with Crippen LogP contribution in [0, 0.1) is 0 Å². The van der Waals surface area contributed by atoms with Gasteiger partial charge in [0.1, 0.15) is 0 Å². The lowest BCUT2D eigenvalue weighted by molar-refractivity contribution is 0.688. The number of benzene rings is 1. The minimum Gasteiger partial charge on any atom is -0.382 e. The molecule has 1 aliphatic carbocycles. The van der Waals surface area contributed by atoms with Crippen LogP contribution in [0.5, 0.6) is 0 Å². The van der Waals surface area contributed by atoms with Crippen molar-refractivity contribution in [3.05, 3.63) is 24.3 Å². The molecule has 0 amide bonds. The summed E-state index contributed by atoms with van der Waals surface area (Å²) in [7, 11) is 4.11. The van der Waals surface area contributed by atoms with Gasteiger partial charge in [0.05, 0.1) is 0 Å². The summed E-state index contributed by atoms with van der Waals surface area (Å²) in [6.07, 6.45) is 3.43. The summed E-state index contributed by atoms with van der Waals surface area (Å²) in [4.78, 5) is 2.11. The van der Waals surface area contributed by atoms with E-state index in [2.05, 4.69) is 48.6 Å². The number of anilines is 2. The second-order valence-corrected chi connectivity index (χ2v) is 4.86. The molecule has 0 heterocycles. The summed E-state index contributed by atoms with van der Waals surface area (Å²) >= 11 is 0. The Morgan fingerprint density at radius 1 is 1.19 bits per heavy atom. The third-order valence-corrected chi connectivity index (χ3v) is 3.23. The number of hydrogen-bond donors (Lipinski definition) is 2. The highest BCUT2D eigenvalue weighted by molar-refractivity contribution is 5.54. The van der Waals surface area contributed by atoms with Gasteiger partial charge in [0.25, 0.3) is 0 Å². The zero-order valence-corrected chi connectivity index (χ0v) is 10.1. The largest absolute Gasteiger partial charge is 0.382 e. The highest BCUT2D eigenvalue weighted by Gasteiger charge is 2.21. The van der Waals surface area contributed by atoms with Gasteiger partial charge < -0.3 is 16.0 Å². The topological polar surface area (TPSA) is 41.3 Å². The summed E-state index contributed by atoms with van der Waals surface area (Å²) in [5.74, 6) is 0. The fraction of sp³-hybridized carbons (Fsp3) is 0.538. The number of nitrogens with one attached hydrogen (secondary N) is 1. The van der Waals surface area contributed by atoms with Crippen LogP contribution in [0.4, 0.5) is 11.4 Å². The van der Waals surface area contributed by atoms with Gasteiger partial charge in [-0.3, -0.25) is 0 Å². The first kappa shape index (κ1) is 11.3. The fourth-order valence-electron chi connectivity index (χ4n) is 2.24. The van der Waals surface area contributed by atoms with Crippen molar-refractivity contribution < 1.29 is 0 Å². The van der Waals surface area contributed by atoms with Crippen molar-refractivity contribution in [3.8, 4) is 0 Å². The van der Waals surface area contributed by atoms with Crippen LogP contribution in [0.1, 0.15) is 19.3 Å². The van der Waals surface area contributed by atoms with Gasteiger partial charge in [0.15, 0.2) is 0 Å². The van der Waals surface area contributed by atoms with Gasteiger partial charge in [0, 0.05) is 37.6 Å². The lowest BCUT2D eigenvalue weighted by Gasteiger charge is -2.16. The fourth-order valence-corrected chi connectivity index (χ4v) is 2.24. The van der Waals surface area contributed by atoms with Crippen LogP contribution in [-0.4, -0.2) is 26.2 Å². The maximum Gasteiger partial charge on any atom is 0.0362 e. The molecule has 3 nitrogen and oxygen atoms in total. The molecule has 1 aromatic carbocycles. The highest BCUT2D eigenvalue weighted by atomic mass is 15.1. The van der Waals surface area contributed by atoms with Crippen molar-refractivity contribution in [1.82, 2.24) is 0 Å². The maximum atomic E-state index is 5.90. The molecule has 0 spiro atoms. The molecular weight excluding hydrogens is 198 g/mol. The Labute approximate surface area is 97.6 Å². The minimum atomic E-state index is 0.388. The van der Waals surface area contributed by atoms with Crippen LogP contribution in [-0.2, 0) is 0 Å². The quantitative estimate of drug-likeness (QED) is 0.817. The minimum absolute atomic E-state index is 0.388. The van der Waals surface area contributed by atoms with E-state index in [-0.39, 0.29) is 0 Å². The van der Waals surface area contributed by atoms with Crippen LogP contribution < -0.4 is 16.0 Å². The SMILES string of the molecule is CN(C)c1ccc(NC2CCC(N)C2)cc1. The normalized spacial score (nSPS) is 24.4. The van der Waals surface area contributed by atoms with E-state index in [9.17, 15) is 0 Å². The Hall–Kier alpha value is -1.22. The molecule has 0 bridgehead atoms. The third-order valence-electron chi connectivity index (χ3n) is 3.23. The van der Waals surface area contributed by atoms with E-state index >= 15 is 0 Å². The predicted octanol–water partition coefficient (Wildman–Crippen LogP) is 2.04. The average molecular weight is 219 g/mol. The Morgan fingerprint density at radius 2 is 1.88 bits per heavy atom. The van der Waals surface area contributed by atoms with Gasteiger partial charge in [0.2, 0.25) is 0 Å². The van der Waals surface area contributed by atoms with Gasteiger partial charge >= 0.3 is 0 Å². The molecule has 1 fully saturated rings. The smallest absolute Gasteiger partial charge is 0.0362 e. The van der Waals surface area contributed by atoms with E-state index in [0.29, 0.717) is 12.1 Å². The molecule has 3 heteroatoms. The van der Waals surface area contributed by atoms with E-state index < -0.39 is 0 Å². The first-order chi connectivity index (χ1) is 7.65. The second kappa shape index (κ2) is 4.74. The van der Waals surface area contributed by atoms with Gasteiger partial charge in [-0.05, 0) is 43.5 Å². The molecule has 16 heavy (non-hydrogen) atoms. The predicted molar refractivity (Wildman–Crippen MR) is 70.0 cm³/mol. The van der Waals surface area contributed by atoms with Gasteiger partial charge in [-0.25, -0.2) is 0 Å². The van der Waals surface area contributed by atoms with Crippen molar-refractivity contribution >= 4 is 11.4 Å². The third kappa shape index (κ3) is 2.67. The van der Waals surface area contributed by atoms with E-state index in [4.69, 9.17) is 5.73 Å². The van der Waals surface area contributed by atoms with Crippen LogP contribution in [0.15, 0.2) is 24.3 Å². The molecule has 88 valence electrons. The van der Waals surface area contributed by atoms with Crippen molar-refractivity contribution in [2.24, 2.45) is 5.73 Å². The van der Waals surface area contributed by atoms with E-state index in [0.717, 1.165) is 12.8 Å². The summed E-state index contributed by atoms with van der Waals surface area (Å²) in [5.41, 5.74) is 8.33. The molecular formula is C13H21N3. The summed E-state index contributed by atoms with van der Waals surface area (Å²) < 4.78 is 0. The molecule has 0 aliphatic heterocycles. The number of nitrogens with zero attached hydrogens (tertiary/aromatic N) is 1. The first-order valence-electron chi connectivity index (χ1n) is 5.94. The average Bonchev–Trinajstić information content (AvgIpc) is 2.65. The lowest BCUT2D eigenvalue weighted by atomic mass is 10.2. The monoisotopic (exact) mass is 219 g/mol. The molecule has 2 unspecified atom stereocenters. The number of hydrogen-bond acceptors (Lipinski definition) is 3. The molecule has 1 aromatic rings. The summed E-state index contributed by atoms with van der Waals surface area (Å²) in [5, 5.41) is 3.54. The Balaban J connectivity index is 1.95. The molecule has 0 radical (unpaired) electrons. The van der Waals surface area contributed by atoms with E-state index in [1.165, 1.54) is 17.8 Å². The van der Waals surface area contributed by atoms with E-state index in [1.807, 2.05) is 0 Å². The Bertz CT molecular complexity index is 332. The summed E-state index contributed by atoms with van der Waals surface area (Å²) in [6, 6.07) is 9.49. The van der Waals surface area contributed by atoms with Crippen LogP contribution in [0.25, 0.3) is 0 Å². The molecule has 2 atom stereocenters. The molecule has 1 saturated carbocycles. The van der Waals surface area contributed by atoms with Gasteiger partial charge in [-0.2, -0.15) is 0 Å². The Morgan fingerprint density at radius 3 is 2.38 bits per heavy atom. The number of rotatable bonds is 3. The van der Waals surface area contributed by atoms with Crippen molar-refractivity contribution in [1.29, 1.82) is 0 Å². The van der Waals surface area contributed by atoms with Crippen LogP contribution >= 0.6 is 0 Å². The first-order valence-corrected chi connectivity index (χ1v) is 5.94. The zero-order chi connectivity index (χ0) is 11.5. The molecule has 3 N–H and O–H groups in total. The highest BCUT2D eigenvalue weighted by Crippen LogP contribution is 2.23. The summed E-state index contributed by atoms with van der Waals surface area (Å²) in [6.45, 7) is 0. The molecule has 2 rings (SSSR count). The Kier molecular flexibility index (Phi) is 3.34. The molecule has 0 aromatic heterocycles. The van der Waals surface area contributed by atoms with Crippen molar-refractivity contribution in [2.75, 3.05) is 24.3 Å². The van der Waals surface area contributed by atoms with Crippen molar-refractivity contribution in [2.45, 2.75) is 31.3 Å². The van der Waals surface area contributed by atoms with Gasteiger partial charge in [-0.1, -0.05) is 0 Å². The molecule has 0 saturated heterocycles. The van der Waals surface area contributed by atoms with Crippen LogP contribution in [0.2, 0.25) is 0 Å². The lowest BCUT2D eigenvalue weighted by Crippen LogP contribution is -2.20. The standard InChI is InChI=1S/C13H21N3/c1-16(2)13-7-5-11(6-8-13)15-12-4-3-10(14)9-12/h5-8,10,12,15H,3-4,9,14H2,1-2H3. The van der Waals surface area contributed by atoms with Crippen molar-refractivity contribution in [3.63, 3.8) is 0 Å². The van der Waals surface area contributed by atoms with Gasteiger partial charge in [-0.15, -0.1) is 0 Å².